The van der Waals surface area contributed by atoms with E-state index in [1.54, 1.807) is 18.2 Å². The van der Waals surface area contributed by atoms with Crippen molar-refractivity contribution in [1.82, 2.24) is 9.47 Å². The molecule has 0 aliphatic carbocycles. The number of pyridine rings is 1. The Morgan fingerprint density at radius 3 is 2.82 bits per heavy atom. The number of hydrogen-bond acceptors (Lipinski definition) is 5. The average molecular weight is 449 g/mol. The van der Waals surface area contributed by atoms with Crippen molar-refractivity contribution in [2.75, 3.05) is 19.7 Å². The van der Waals surface area contributed by atoms with E-state index < -0.39 is 0 Å². The number of nitrogens with zero attached hydrogens (tertiary/aromatic N) is 2. The van der Waals surface area contributed by atoms with Crippen LogP contribution in [0.5, 0.6) is 5.75 Å². The number of hydrogen-bond donors (Lipinski definition) is 0. The van der Waals surface area contributed by atoms with Crippen molar-refractivity contribution in [2.24, 2.45) is 5.92 Å². The predicted molar refractivity (Wildman–Crippen MR) is 125 cm³/mol. The molecular formula is C26H28N2O5. The first-order chi connectivity index (χ1) is 15.9. The SMILES string of the molecule is CCCc1cc(=O)oc2c(C)c(OCC(=O)N3C[C@H]4C[C@@H](C3)c3cccc(=O)n3C4)ccc12. The average Bonchev–Trinajstić information content (AvgIpc) is 2.79. The molecule has 0 unspecified atom stereocenters. The minimum Gasteiger partial charge on any atom is -0.483 e. The second-order valence-corrected chi connectivity index (χ2v) is 9.19. The summed E-state index contributed by atoms with van der Waals surface area (Å²) in [4.78, 5) is 39.1. The number of carbonyl (C=O) groups is 1. The Labute approximate surface area is 191 Å². The van der Waals surface area contributed by atoms with Gasteiger partial charge in [-0.25, -0.2) is 4.79 Å². The summed E-state index contributed by atoms with van der Waals surface area (Å²) in [5.41, 5.74) is 2.88. The number of rotatable bonds is 5. The first kappa shape index (κ1) is 21.5. The molecule has 2 bridgehead atoms. The highest BCUT2D eigenvalue weighted by Gasteiger charge is 2.36. The molecule has 0 spiro atoms. The lowest BCUT2D eigenvalue weighted by Crippen LogP contribution is -2.50. The highest BCUT2D eigenvalue weighted by molar-refractivity contribution is 5.85. The highest BCUT2D eigenvalue weighted by atomic mass is 16.5. The van der Waals surface area contributed by atoms with Gasteiger partial charge in [0, 0.05) is 54.3 Å². The number of amides is 1. The Balaban J connectivity index is 1.32. The Bertz CT molecular complexity index is 1340. The molecule has 1 saturated heterocycles. The van der Waals surface area contributed by atoms with E-state index in [4.69, 9.17) is 9.15 Å². The minimum absolute atomic E-state index is 0.0332. The van der Waals surface area contributed by atoms with Crippen LogP contribution in [0.15, 0.2) is 50.4 Å². The van der Waals surface area contributed by atoms with Gasteiger partial charge in [0.2, 0.25) is 0 Å². The van der Waals surface area contributed by atoms with E-state index in [1.165, 1.54) is 0 Å². The number of carbonyl (C=O) groups excluding carboxylic acids is 1. The van der Waals surface area contributed by atoms with Crippen molar-refractivity contribution in [2.45, 2.75) is 45.6 Å². The van der Waals surface area contributed by atoms with E-state index in [0.717, 1.165) is 41.5 Å². The molecule has 2 aliphatic rings. The number of piperidine rings is 1. The van der Waals surface area contributed by atoms with Crippen LogP contribution in [-0.2, 0) is 17.8 Å². The third-order valence-corrected chi connectivity index (χ3v) is 6.90. The molecule has 0 radical (unpaired) electrons. The molecule has 5 rings (SSSR count). The van der Waals surface area contributed by atoms with E-state index in [0.29, 0.717) is 31.0 Å². The summed E-state index contributed by atoms with van der Waals surface area (Å²) in [5.74, 6) is 0.914. The van der Waals surface area contributed by atoms with Crippen LogP contribution < -0.4 is 15.9 Å². The molecule has 2 atom stereocenters. The maximum atomic E-state index is 13.0. The molecule has 33 heavy (non-hydrogen) atoms. The van der Waals surface area contributed by atoms with Gasteiger partial charge in [-0.2, -0.15) is 0 Å². The molecule has 1 amide bonds. The number of likely N-dealkylation sites (tertiary alicyclic amines) is 1. The van der Waals surface area contributed by atoms with Crippen LogP contribution in [-0.4, -0.2) is 35.1 Å². The van der Waals surface area contributed by atoms with E-state index in [-0.39, 0.29) is 35.5 Å². The van der Waals surface area contributed by atoms with Crippen LogP contribution in [0, 0.1) is 12.8 Å². The third kappa shape index (κ3) is 3.96. The Kier molecular flexibility index (Phi) is 5.56. The van der Waals surface area contributed by atoms with Crippen molar-refractivity contribution >= 4 is 16.9 Å². The lowest BCUT2D eigenvalue weighted by atomic mass is 9.83. The lowest BCUT2D eigenvalue weighted by molar-refractivity contribution is -0.136. The van der Waals surface area contributed by atoms with Gasteiger partial charge in [0.1, 0.15) is 11.3 Å². The molecule has 0 saturated carbocycles. The first-order valence-electron chi connectivity index (χ1n) is 11.6. The van der Waals surface area contributed by atoms with Crippen molar-refractivity contribution in [1.29, 1.82) is 0 Å². The zero-order valence-corrected chi connectivity index (χ0v) is 19.0. The molecule has 2 aromatic heterocycles. The quantitative estimate of drug-likeness (QED) is 0.560. The van der Waals surface area contributed by atoms with Crippen LogP contribution in [0.2, 0.25) is 0 Å². The fourth-order valence-electron chi connectivity index (χ4n) is 5.37. The number of ether oxygens (including phenoxy) is 1. The second-order valence-electron chi connectivity index (χ2n) is 9.19. The normalized spacial score (nSPS) is 19.4. The van der Waals surface area contributed by atoms with E-state index in [9.17, 15) is 14.4 Å². The highest BCUT2D eigenvalue weighted by Crippen LogP contribution is 2.35. The van der Waals surface area contributed by atoms with Gasteiger partial charge in [0.05, 0.1) is 0 Å². The number of aryl methyl sites for hydroxylation is 2. The summed E-state index contributed by atoms with van der Waals surface area (Å²) in [6.45, 7) is 5.72. The van der Waals surface area contributed by atoms with E-state index in [1.807, 2.05) is 34.6 Å². The van der Waals surface area contributed by atoms with Gasteiger partial charge in [-0.3, -0.25) is 9.59 Å². The van der Waals surface area contributed by atoms with Crippen LogP contribution in [0.1, 0.15) is 42.5 Å². The number of fused-ring (bicyclic) bond motifs is 5. The molecule has 7 heteroatoms. The summed E-state index contributed by atoms with van der Waals surface area (Å²) >= 11 is 0. The van der Waals surface area contributed by atoms with Gasteiger partial charge in [0.25, 0.3) is 11.5 Å². The number of aromatic nitrogens is 1. The molecule has 2 aliphatic heterocycles. The van der Waals surface area contributed by atoms with Gasteiger partial charge in [-0.15, -0.1) is 0 Å². The Hall–Kier alpha value is -3.35. The molecule has 7 nitrogen and oxygen atoms in total. The molecule has 1 fully saturated rings. The van der Waals surface area contributed by atoms with Crippen molar-refractivity contribution in [3.63, 3.8) is 0 Å². The predicted octanol–water partition coefficient (Wildman–Crippen LogP) is 3.24. The molecular weight excluding hydrogens is 420 g/mol. The lowest BCUT2D eigenvalue weighted by Gasteiger charge is -2.42. The monoisotopic (exact) mass is 448 g/mol. The molecule has 0 N–H and O–H groups in total. The zero-order valence-electron chi connectivity index (χ0n) is 19.0. The van der Waals surface area contributed by atoms with Crippen molar-refractivity contribution < 1.29 is 13.9 Å². The summed E-state index contributed by atoms with van der Waals surface area (Å²) < 4.78 is 13.2. The standard InChI is InChI=1S/C26H28N2O5/c1-3-5-18-11-25(31)33-26-16(2)22(9-8-20(18)26)32-15-24(30)27-12-17-10-19(14-27)21-6-4-7-23(29)28(21)13-17/h4,6-9,11,17,19H,3,5,10,12-15H2,1-2H3/t17-,19+/m1/s1. The smallest absolute Gasteiger partial charge is 0.336 e. The van der Waals surface area contributed by atoms with Crippen molar-refractivity contribution in [3.05, 3.63) is 74.0 Å². The van der Waals surface area contributed by atoms with Crippen LogP contribution in [0.4, 0.5) is 0 Å². The Morgan fingerprint density at radius 1 is 1.15 bits per heavy atom. The van der Waals surface area contributed by atoms with Crippen LogP contribution in [0.25, 0.3) is 11.0 Å². The fraction of sp³-hybridized carbons (Fsp3) is 0.423. The summed E-state index contributed by atoms with van der Waals surface area (Å²) in [6.07, 6.45) is 2.73. The van der Waals surface area contributed by atoms with E-state index >= 15 is 0 Å². The topological polar surface area (TPSA) is 81.8 Å². The fourth-order valence-corrected chi connectivity index (χ4v) is 5.37. The van der Waals surface area contributed by atoms with Gasteiger partial charge in [0.15, 0.2) is 6.61 Å². The number of benzene rings is 1. The van der Waals surface area contributed by atoms with Crippen LogP contribution in [0.3, 0.4) is 0 Å². The van der Waals surface area contributed by atoms with Gasteiger partial charge >= 0.3 is 5.63 Å². The second kappa shape index (κ2) is 8.54. The minimum atomic E-state index is -0.374. The summed E-state index contributed by atoms with van der Waals surface area (Å²) in [6, 6.07) is 10.7. The molecule has 3 aromatic rings. The summed E-state index contributed by atoms with van der Waals surface area (Å²) in [5, 5.41) is 0.908. The maximum absolute atomic E-state index is 13.0. The van der Waals surface area contributed by atoms with Crippen LogP contribution >= 0.6 is 0 Å². The largest absolute Gasteiger partial charge is 0.483 e. The van der Waals surface area contributed by atoms with E-state index in [2.05, 4.69) is 6.92 Å². The van der Waals surface area contributed by atoms with Gasteiger partial charge < -0.3 is 18.6 Å². The first-order valence-corrected chi connectivity index (χ1v) is 11.6. The molecule has 1 aromatic carbocycles. The van der Waals surface area contributed by atoms with Gasteiger partial charge in [-0.1, -0.05) is 19.4 Å². The molecule has 4 heterocycles. The van der Waals surface area contributed by atoms with Gasteiger partial charge in [-0.05, 0) is 49.4 Å². The Morgan fingerprint density at radius 2 is 2.00 bits per heavy atom. The summed E-state index contributed by atoms with van der Waals surface area (Å²) in [7, 11) is 0. The maximum Gasteiger partial charge on any atom is 0.336 e. The molecule has 172 valence electrons. The zero-order chi connectivity index (χ0) is 23.1. The van der Waals surface area contributed by atoms with Crippen molar-refractivity contribution in [3.8, 4) is 5.75 Å². The third-order valence-electron chi connectivity index (χ3n) is 6.90.